The van der Waals surface area contributed by atoms with Crippen molar-refractivity contribution in [1.82, 2.24) is 10.1 Å². The Morgan fingerprint density at radius 2 is 2.31 bits per heavy atom. The summed E-state index contributed by atoms with van der Waals surface area (Å²) in [6.45, 7) is 2.06. The minimum atomic E-state index is -0.182. The Balaban J connectivity index is 2.19. The number of hydrogen-bond acceptors (Lipinski definition) is 4. The second-order valence-electron chi connectivity index (χ2n) is 3.32. The topological polar surface area (TPSA) is 38.9 Å². The van der Waals surface area contributed by atoms with Gasteiger partial charge in [0.1, 0.15) is 0 Å². The first-order valence-corrected chi connectivity index (χ1v) is 6.57. The fourth-order valence-corrected chi connectivity index (χ4v) is 2.55. The van der Waals surface area contributed by atoms with E-state index in [1.54, 1.807) is 6.07 Å². The van der Waals surface area contributed by atoms with E-state index in [4.69, 9.17) is 27.7 Å². The predicted molar refractivity (Wildman–Crippen MR) is 66.1 cm³/mol. The van der Waals surface area contributed by atoms with Crippen LogP contribution in [0.25, 0.3) is 10.8 Å². The lowest BCUT2D eigenvalue weighted by atomic mass is 10.2. The van der Waals surface area contributed by atoms with E-state index in [0.717, 1.165) is 17.7 Å². The summed E-state index contributed by atoms with van der Waals surface area (Å²) < 4.78 is 5.84. The van der Waals surface area contributed by atoms with Gasteiger partial charge in [-0.15, -0.1) is 22.9 Å². The quantitative estimate of drug-likeness (QED) is 0.770. The Hall–Kier alpha value is -0.580. The Kier molecular flexibility index (Phi) is 3.84. The van der Waals surface area contributed by atoms with Crippen LogP contribution < -0.4 is 0 Å². The standard InChI is InChI=1S/C10H10Cl2N2OS/c1-2-3-6(11)9-13-10(15-14-9)7-4-5-8(12)16-7/h4-6H,2-3H2,1H3. The molecule has 0 aromatic carbocycles. The lowest BCUT2D eigenvalue weighted by Crippen LogP contribution is -1.92. The molecule has 0 aliphatic carbocycles. The van der Waals surface area contributed by atoms with Gasteiger partial charge in [0.2, 0.25) is 0 Å². The minimum Gasteiger partial charge on any atom is -0.333 e. The molecule has 0 saturated carbocycles. The molecule has 86 valence electrons. The van der Waals surface area contributed by atoms with E-state index in [0.29, 0.717) is 16.1 Å². The van der Waals surface area contributed by atoms with Gasteiger partial charge in [-0.2, -0.15) is 4.98 Å². The molecule has 0 aliphatic rings. The molecule has 0 fully saturated rings. The molecule has 0 amide bonds. The van der Waals surface area contributed by atoms with Crippen molar-refractivity contribution in [2.45, 2.75) is 25.1 Å². The average Bonchev–Trinajstić information content (AvgIpc) is 2.85. The number of hydrogen-bond donors (Lipinski definition) is 0. The minimum absolute atomic E-state index is 0.182. The van der Waals surface area contributed by atoms with Gasteiger partial charge in [-0.05, 0) is 18.6 Å². The zero-order valence-electron chi connectivity index (χ0n) is 8.61. The van der Waals surface area contributed by atoms with Crippen LogP contribution >= 0.6 is 34.5 Å². The van der Waals surface area contributed by atoms with Crippen molar-refractivity contribution in [3.05, 3.63) is 22.3 Å². The molecule has 0 spiro atoms. The van der Waals surface area contributed by atoms with Crippen LogP contribution in [0.3, 0.4) is 0 Å². The number of aromatic nitrogens is 2. The molecule has 2 heterocycles. The lowest BCUT2D eigenvalue weighted by molar-refractivity contribution is 0.421. The van der Waals surface area contributed by atoms with E-state index >= 15 is 0 Å². The average molecular weight is 277 g/mol. The van der Waals surface area contributed by atoms with Gasteiger partial charge < -0.3 is 4.52 Å². The van der Waals surface area contributed by atoms with Crippen molar-refractivity contribution in [3.63, 3.8) is 0 Å². The van der Waals surface area contributed by atoms with Crippen molar-refractivity contribution in [2.24, 2.45) is 0 Å². The molecule has 3 nitrogen and oxygen atoms in total. The molecule has 2 aromatic rings. The van der Waals surface area contributed by atoms with Crippen molar-refractivity contribution < 1.29 is 4.52 Å². The lowest BCUT2D eigenvalue weighted by Gasteiger charge is -1.99. The maximum atomic E-state index is 6.10. The van der Waals surface area contributed by atoms with Crippen LogP contribution in [-0.4, -0.2) is 10.1 Å². The van der Waals surface area contributed by atoms with E-state index in [9.17, 15) is 0 Å². The fraction of sp³-hybridized carbons (Fsp3) is 0.400. The van der Waals surface area contributed by atoms with Gasteiger partial charge in [-0.25, -0.2) is 0 Å². The van der Waals surface area contributed by atoms with Crippen LogP contribution in [0.4, 0.5) is 0 Å². The second kappa shape index (κ2) is 5.17. The third-order valence-corrected chi connectivity index (χ3v) is 3.68. The highest BCUT2D eigenvalue weighted by Crippen LogP contribution is 2.31. The summed E-state index contributed by atoms with van der Waals surface area (Å²) in [5, 5.41) is 3.68. The normalized spacial score (nSPS) is 12.9. The molecule has 0 bridgehead atoms. The summed E-state index contributed by atoms with van der Waals surface area (Å²) in [5.74, 6) is 1.02. The molecule has 2 rings (SSSR count). The zero-order valence-corrected chi connectivity index (χ0v) is 10.9. The monoisotopic (exact) mass is 276 g/mol. The third kappa shape index (κ3) is 2.56. The van der Waals surface area contributed by atoms with Gasteiger partial charge in [0, 0.05) is 0 Å². The molecule has 2 aromatic heterocycles. The van der Waals surface area contributed by atoms with Crippen molar-refractivity contribution in [1.29, 1.82) is 0 Å². The van der Waals surface area contributed by atoms with E-state index in [1.807, 2.05) is 6.07 Å². The summed E-state index contributed by atoms with van der Waals surface area (Å²) >= 11 is 13.3. The molecular weight excluding hydrogens is 267 g/mol. The summed E-state index contributed by atoms with van der Waals surface area (Å²) in [6, 6.07) is 3.66. The number of nitrogens with zero attached hydrogens (tertiary/aromatic N) is 2. The maximum Gasteiger partial charge on any atom is 0.268 e. The molecule has 6 heteroatoms. The van der Waals surface area contributed by atoms with Crippen LogP contribution in [0.15, 0.2) is 16.7 Å². The van der Waals surface area contributed by atoms with Gasteiger partial charge in [-0.3, -0.25) is 0 Å². The van der Waals surface area contributed by atoms with Gasteiger partial charge in [0.15, 0.2) is 5.82 Å². The summed E-state index contributed by atoms with van der Waals surface area (Å²) in [4.78, 5) is 5.12. The van der Waals surface area contributed by atoms with E-state index < -0.39 is 0 Å². The Bertz CT molecular complexity index is 469. The number of alkyl halides is 1. The molecule has 0 N–H and O–H groups in total. The van der Waals surface area contributed by atoms with E-state index in [2.05, 4.69) is 17.1 Å². The molecule has 0 aliphatic heterocycles. The van der Waals surface area contributed by atoms with Crippen LogP contribution in [-0.2, 0) is 0 Å². The zero-order chi connectivity index (χ0) is 11.5. The molecule has 1 atom stereocenters. The summed E-state index contributed by atoms with van der Waals surface area (Å²) in [6.07, 6.45) is 1.83. The smallest absolute Gasteiger partial charge is 0.268 e. The Morgan fingerprint density at radius 1 is 1.50 bits per heavy atom. The first-order valence-electron chi connectivity index (χ1n) is 4.94. The summed E-state index contributed by atoms with van der Waals surface area (Å²) in [7, 11) is 0. The third-order valence-electron chi connectivity index (χ3n) is 2.05. The fourth-order valence-electron chi connectivity index (χ4n) is 1.27. The highest BCUT2D eigenvalue weighted by Gasteiger charge is 2.16. The highest BCUT2D eigenvalue weighted by atomic mass is 35.5. The largest absolute Gasteiger partial charge is 0.333 e. The Morgan fingerprint density at radius 3 is 2.94 bits per heavy atom. The predicted octanol–water partition coefficient (Wildman–Crippen LogP) is 4.53. The van der Waals surface area contributed by atoms with Crippen LogP contribution in [0.1, 0.15) is 31.0 Å². The Labute approximate surface area is 107 Å². The molecule has 0 radical (unpaired) electrons. The van der Waals surface area contributed by atoms with Gasteiger partial charge in [-0.1, -0.05) is 30.1 Å². The van der Waals surface area contributed by atoms with Crippen molar-refractivity contribution >= 4 is 34.5 Å². The first-order chi connectivity index (χ1) is 7.70. The van der Waals surface area contributed by atoms with E-state index in [1.165, 1.54) is 11.3 Å². The maximum absolute atomic E-state index is 6.10. The van der Waals surface area contributed by atoms with E-state index in [-0.39, 0.29) is 5.38 Å². The summed E-state index contributed by atoms with van der Waals surface area (Å²) in [5.41, 5.74) is 0. The van der Waals surface area contributed by atoms with Gasteiger partial charge in [0.25, 0.3) is 5.89 Å². The SMILES string of the molecule is CCCC(Cl)c1noc(-c2ccc(Cl)s2)n1. The van der Waals surface area contributed by atoms with Crippen molar-refractivity contribution in [2.75, 3.05) is 0 Å². The number of halogens is 2. The number of rotatable bonds is 4. The van der Waals surface area contributed by atoms with Gasteiger partial charge >= 0.3 is 0 Å². The molecule has 0 saturated heterocycles. The molecule has 1 unspecified atom stereocenters. The van der Waals surface area contributed by atoms with Crippen LogP contribution in [0.2, 0.25) is 4.34 Å². The second-order valence-corrected chi connectivity index (χ2v) is 5.56. The first kappa shape index (κ1) is 11.9. The van der Waals surface area contributed by atoms with Crippen molar-refractivity contribution in [3.8, 4) is 10.8 Å². The van der Waals surface area contributed by atoms with Crippen LogP contribution in [0, 0.1) is 0 Å². The molecular formula is C10H10Cl2N2OS. The number of thiophene rings is 1. The van der Waals surface area contributed by atoms with Gasteiger partial charge in [0.05, 0.1) is 14.6 Å². The molecule has 16 heavy (non-hydrogen) atoms. The highest BCUT2D eigenvalue weighted by molar-refractivity contribution is 7.19. The van der Waals surface area contributed by atoms with Crippen LogP contribution in [0.5, 0.6) is 0 Å².